The van der Waals surface area contributed by atoms with Gasteiger partial charge in [0, 0.05) is 36.8 Å². The van der Waals surface area contributed by atoms with E-state index in [1.165, 1.54) is 0 Å². The fourth-order valence-electron chi connectivity index (χ4n) is 2.13. The first-order chi connectivity index (χ1) is 9.20. The van der Waals surface area contributed by atoms with Gasteiger partial charge in [0.1, 0.15) is 11.9 Å². The first-order valence-corrected chi connectivity index (χ1v) is 6.97. The van der Waals surface area contributed by atoms with Gasteiger partial charge in [-0.05, 0) is 31.0 Å². The van der Waals surface area contributed by atoms with E-state index in [1.54, 1.807) is 11.1 Å². The van der Waals surface area contributed by atoms with Gasteiger partial charge in [-0.2, -0.15) is 0 Å². The van der Waals surface area contributed by atoms with Crippen LogP contribution in [0.15, 0.2) is 24.3 Å². The molecule has 1 heterocycles. The minimum Gasteiger partial charge on any atom is -0.489 e. The topological polar surface area (TPSA) is 38.8 Å². The van der Waals surface area contributed by atoms with E-state index < -0.39 is 0 Å². The fraction of sp³-hybridized carbons (Fsp3) is 0.500. The number of benzene rings is 1. The summed E-state index contributed by atoms with van der Waals surface area (Å²) in [5.41, 5.74) is 0. The summed E-state index contributed by atoms with van der Waals surface area (Å²) in [6.45, 7) is 1.34. The summed E-state index contributed by atoms with van der Waals surface area (Å²) in [7, 11) is 0. The van der Waals surface area contributed by atoms with Crippen molar-refractivity contribution in [1.29, 1.82) is 0 Å². The maximum Gasteiger partial charge on any atom is 0.328 e. The number of hydrogen-bond acceptors (Lipinski definition) is 4. The van der Waals surface area contributed by atoms with Gasteiger partial charge in [-0.25, -0.2) is 0 Å². The van der Waals surface area contributed by atoms with Crippen LogP contribution < -0.4 is 4.74 Å². The smallest absolute Gasteiger partial charge is 0.328 e. The van der Waals surface area contributed by atoms with E-state index in [0.29, 0.717) is 11.6 Å². The van der Waals surface area contributed by atoms with Crippen LogP contribution in [-0.2, 0) is 9.63 Å². The summed E-state index contributed by atoms with van der Waals surface area (Å²) in [5, 5.41) is 2.36. The zero-order chi connectivity index (χ0) is 13.2. The van der Waals surface area contributed by atoms with E-state index in [4.69, 9.17) is 21.2 Å². The van der Waals surface area contributed by atoms with Crippen molar-refractivity contribution in [1.82, 2.24) is 5.06 Å². The number of rotatable bonds is 4. The SMILES string of the molecule is O=C(ON1CC[C@@H](Oc2cccc(Cl)c2)C1)C1CC1.[Li]. The van der Waals surface area contributed by atoms with Gasteiger partial charge in [0.05, 0.1) is 12.5 Å². The van der Waals surface area contributed by atoms with Gasteiger partial charge in [0.25, 0.3) is 0 Å². The number of hydroxylamine groups is 2. The normalized spacial score (nSPS) is 22.1. The molecule has 1 aliphatic carbocycles. The van der Waals surface area contributed by atoms with Gasteiger partial charge in [0.15, 0.2) is 0 Å². The molecule has 1 radical (unpaired) electrons. The maximum atomic E-state index is 11.5. The van der Waals surface area contributed by atoms with Crippen LogP contribution in [0.3, 0.4) is 0 Å². The van der Waals surface area contributed by atoms with Crippen LogP contribution in [0, 0.1) is 5.92 Å². The average molecular weight is 289 g/mol. The summed E-state index contributed by atoms with van der Waals surface area (Å²) in [4.78, 5) is 16.9. The Morgan fingerprint density at radius 3 is 2.80 bits per heavy atom. The summed E-state index contributed by atoms with van der Waals surface area (Å²) in [6.07, 6.45) is 2.83. The van der Waals surface area contributed by atoms with Gasteiger partial charge >= 0.3 is 5.97 Å². The van der Waals surface area contributed by atoms with Crippen LogP contribution >= 0.6 is 11.6 Å². The van der Waals surface area contributed by atoms with Crippen molar-refractivity contribution in [2.75, 3.05) is 13.1 Å². The Balaban J connectivity index is 0.00000147. The molecule has 6 heteroatoms. The molecule has 2 fully saturated rings. The van der Waals surface area contributed by atoms with Crippen LogP contribution in [0.25, 0.3) is 0 Å². The molecule has 3 rings (SSSR count). The van der Waals surface area contributed by atoms with E-state index >= 15 is 0 Å². The van der Waals surface area contributed by atoms with Crippen molar-refractivity contribution in [2.24, 2.45) is 5.92 Å². The standard InChI is InChI=1S/C14H16ClNO3.Li/c15-11-2-1-3-12(8-11)18-13-6-7-16(9-13)19-14(17)10-4-5-10;/h1-3,8,10,13H,4-7,9H2;/t13-;/m1./s1. The van der Waals surface area contributed by atoms with Crippen molar-refractivity contribution < 1.29 is 14.4 Å². The van der Waals surface area contributed by atoms with E-state index in [0.717, 1.165) is 31.6 Å². The van der Waals surface area contributed by atoms with Gasteiger partial charge in [0.2, 0.25) is 0 Å². The van der Waals surface area contributed by atoms with Crippen LogP contribution in [0.5, 0.6) is 5.75 Å². The number of hydrogen-bond donors (Lipinski definition) is 0. The Morgan fingerprint density at radius 1 is 1.30 bits per heavy atom. The zero-order valence-electron chi connectivity index (χ0n) is 11.5. The maximum absolute atomic E-state index is 11.5. The van der Waals surface area contributed by atoms with Crippen LogP contribution in [-0.4, -0.2) is 49.1 Å². The molecule has 2 aliphatic rings. The van der Waals surface area contributed by atoms with E-state index in [2.05, 4.69) is 0 Å². The summed E-state index contributed by atoms with van der Waals surface area (Å²) in [5.74, 6) is 0.796. The summed E-state index contributed by atoms with van der Waals surface area (Å²) in [6, 6.07) is 7.34. The number of halogens is 1. The minimum atomic E-state index is -0.0941. The van der Waals surface area contributed by atoms with Crippen molar-refractivity contribution >= 4 is 36.4 Å². The Hall–Kier alpha value is -0.663. The van der Waals surface area contributed by atoms with Gasteiger partial charge in [-0.3, -0.25) is 4.79 Å². The second-order valence-corrected chi connectivity index (χ2v) is 5.49. The van der Waals surface area contributed by atoms with Crippen LogP contribution in [0.4, 0.5) is 0 Å². The summed E-state index contributed by atoms with van der Waals surface area (Å²) >= 11 is 5.91. The predicted molar refractivity (Wildman–Crippen MR) is 76.6 cm³/mol. The molecule has 1 saturated carbocycles. The molecule has 0 spiro atoms. The Bertz CT molecular complexity index is 481. The van der Waals surface area contributed by atoms with Gasteiger partial charge in [-0.1, -0.05) is 17.7 Å². The molecule has 1 atom stereocenters. The van der Waals surface area contributed by atoms with Crippen LogP contribution in [0.1, 0.15) is 19.3 Å². The molecule has 0 amide bonds. The van der Waals surface area contributed by atoms with Crippen molar-refractivity contribution in [3.8, 4) is 5.75 Å². The predicted octanol–water partition coefficient (Wildman–Crippen LogP) is 2.28. The Kier molecular flexibility index (Phi) is 5.40. The molecule has 0 N–H and O–H groups in total. The first-order valence-electron chi connectivity index (χ1n) is 6.60. The summed E-state index contributed by atoms with van der Waals surface area (Å²) < 4.78 is 5.83. The Labute approximate surface area is 135 Å². The minimum absolute atomic E-state index is 0. The van der Waals surface area contributed by atoms with Crippen molar-refractivity contribution in [2.45, 2.75) is 25.4 Å². The number of carbonyl (C=O) groups excluding carboxylic acids is 1. The molecule has 0 aromatic heterocycles. The molecule has 20 heavy (non-hydrogen) atoms. The van der Waals surface area contributed by atoms with Gasteiger partial charge < -0.3 is 9.57 Å². The second-order valence-electron chi connectivity index (χ2n) is 5.06. The fourth-order valence-corrected chi connectivity index (χ4v) is 2.31. The third kappa shape index (κ3) is 4.16. The molecule has 1 saturated heterocycles. The molecule has 0 unspecified atom stereocenters. The molecular formula is C14H16ClLiNO3. The largest absolute Gasteiger partial charge is 0.489 e. The van der Waals surface area contributed by atoms with Crippen molar-refractivity contribution in [3.63, 3.8) is 0 Å². The molecule has 1 aromatic rings. The van der Waals surface area contributed by atoms with E-state index in [-0.39, 0.29) is 36.9 Å². The van der Waals surface area contributed by atoms with E-state index in [9.17, 15) is 4.79 Å². The van der Waals surface area contributed by atoms with Crippen LogP contribution in [0.2, 0.25) is 5.02 Å². The zero-order valence-corrected chi connectivity index (χ0v) is 12.3. The number of nitrogens with zero attached hydrogens (tertiary/aromatic N) is 1. The molecular weight excluding hydrogens is 273 g/mol. The quantitative estimate of drug-likeness (QED) is 0.797. The van der Waals surface area contributed by atoms with E-state index in [1.807, 2.05) is 18.2 Å². The second kappa shape index (κ2) is 6.86. The Morgan fingerprint density at radius 2 is 2.10 bits per heavy atom. The number of carbonyl (C=O) groups is 1. The molecule has 1 aromatic carbocycles. The third-order valence-electron chi connectivity index (χ3n) is 3.34. The monoisotopic (exact) mass is 288 g/mol. The average Bonchev–Trinajstić information content (AvgIpc) is 3.13. The molecule has 4 nitrogen and oxygen atoms in total. The third-order valence-corrected chi connectivity index (χ3v) is 3.57. The van der Waals surface area contributed by atoms with Crippen molar-refractivity contribution in [3.05, 3.63) is 29.3 Å². The number of ether oxygens (including phenoxy) is 1. The molecule has 103 valence electrons. The molecule has 0 bridgehead atoms. The first kappa shape index (κ1) is 15.7. The molecule has 1 aliphatic heterocycles. The van der Waals surface area contributed by atoms with Gasteiger partial charge in [-0.15, -0.1) is 5.06 Å².